The summed E-state index contributed by atoms with van der Waals surface area (Å²) in [5.41, 5.74) is 1.01. The van der Waals surface area contributed by atoms with Crippen molar-refractivity contribution in [2.75, 3.05) is 11.4 Å². The van der Waals surface area contributed by atoms with Crippen LogP contribution < -0.4 is 10.2 Å². The summed E-state index contributed by atoms with van der Waals surface area (Å²) < 4.78 is 0. The number of hydrogen-bond donors (Lipinski definition) is 1. The molecule has 1 unspecified atom stereocenters. The van der Waals surface area contributed by atoms with Crippen molar-refractivity contribution in [3.8, 4) is 0 Å². The Morgan fingerprint density at radius 1 is 1.26 bits per heavy atom. The second-order valence-corrected chi connectivity index (χ2v) is 5.81. The molecular weight excluding hydrogens is 236 g/mol. The van der Waals surface area contributed by atoms with E-state index in [1.807, 2.05) is 0 Å². The van der Waals surface area contributed by atoms with Crippen molar-refractivity contribution in [2.24, 2.45) is 0 Å². The third-order valence-electron chi connectivity index (χ3n) is 3.74. The Morgan fingerprint density at radius 2 is 2.11 bits per heavy atom. The van der Waals surface area contributed by atoms with Crippen LogP contribution in [0.5, 0.6) is 0 Å². The van der Waals surface area contributed by atoms with Crippen molar-refractivity contribution < 1.29 is 0 Å². The summed E-state index contributed by atoms with van der Waals surface area (Å²) in [6, 6.07) is 5.27. The van der Waals surface area contributed by atoms with Gasteiger partial charge in [-0.25, -0.2) is 0 Å². The smallest absolute Gasteiger partial charge is 0.151 e. The molecule has 4 heteroatoms. The van der Waals surface area contributed by atoms with Gasteiger partial charge in [-0.3, -0.25) is 0 Å². The zero-order chi connectivity index (χ0) is 13.7. The van der Waals surface area contributed by atoms with Crippen LogP contribution in [0.3, 0.4) is 0 Å². The summed E-state index contributed by atoms with van der Waals surface area (Å²) in [6.45, 7) is 8.47. The van der Waals surface area contributed by atoms with E-state index in [4.69, 9.17) is 0 Å². The van der Waals surface area contributed by atoms with Crippen molar-refractivity contribution in [3.63, 3.8) is 0 Å². The van der Waals surface area contributed by atoms with E-state index in [1.54, 1.807) is 0 Å². The topological polar surface area (TPSA) is 41.0 Å². The highest BCUT2D eigenvalue weighted by molar-refractivity contribution is 5.38. The SMILES string of the molecule is CC(C)NCc1ccc(N2CCCCCC2C)nn1. The lowest BCUT2D eigenvalue weighted by atomic mass is 10.1. The van der Waals surface area contributed by atoms with E-state index < -0.39 is 0 Å². The number of rotatable bonds is 4. The number of hydrogen-bond acceptors (Lipinski definition) is 4. The predicted molar refractivity (Wildman–Crippen MR) is 79.3 cm³/mol. The van der Waals surface area contributed by atoms with Crippen LogP contribution >= 0.6 is 0 Å². The molecule has 0 aliphatic carbocycles. The van der Waals surface area contributed by atoms with Crippen molar-refractivity contribution in [1.29, 1.82) is 0 Å². The van der Waals surface area contributed by atoms with Gasteiger partial charge in [0.05, 0.1) is 5.69 Å². The molecule has 1 atom stereocenters. The fraction of sp³-hybridized carbons (Fsp3) is 0.733. The van der Waals surface area contributed by atoms with E-state index >= 15 is 0 Å². The molecular formula is C15H26N4. The maximum Gasteiger partial charge on any atom is 0.151 e. The lowest BCUT2D eigenvalue weighted by molar-refractivity contribution is 0.574. The third kappa shape index (κ3) is 4.16. The summed E-state index contributed by atoms with van der Waals surface area (Å²) in [5.74, 6) is 1.03. The first kappa shape index (κ1) is 14.3. The van der Waals surface area contributed by atoms with E-state index in [2.05, 4.69) is 53.3 Å². The monoisotopic (exact) mass is 262 g/mol. The van der Waals surface area contributed by atoms with Crippen LogP contribution in [0.1, 0.15) is 52.1 Å². The van der Waals surface area contributed by atoms with Gasteiger partial charge in [0, 0.05) is 25.2 Å². The summed E-state index contributed by atoms with van der Waals surface area (Å²) in [6.07, 6.45) is 5.20. The van der Waals surface area contributed by atoms with Crippen LogP contribution in [-0.4, -0.2) is 28.8 Å². The summed E-state index contributed by atoms with van der Waals surface area (Å²) in [7, 11) is 0. The normalized spacial score (nSPS) is 20.6. The highest BCUT2D eigenvalue weighted by Gasteiger charge is 2.18. The van der Waals surface area contributed by atoms with E-state index in [0.29, 0.717) is 12.1 Å². The first-order valence-corrected chi connectivity index (χ1v) is 7.49. The van der Waals surface area contributed by atoms with E-state index in [0.717, 1.165) is 24.6 Å². The first-order valence-electron chi connectivity index (χ1n) is 7.49. The van der Waals surface area contributed by atoms with Gasteiger partial charge in [-0.05, 0) is 31.9 Å². The van der Waals surface area contributed by atoms with Gasteiger partial charge in [0.25, 0.3) is 0 Å². The van der Waals surface area contributed by atoms with E-state index in [9.17, 15) is 0 Å². The molecule has 19 heavy (non-hydrogen) atoms. The van der Waals surface area contributed by atoms with Crippen molar-refractivity contribution >= 4 is 5.82 Å². The summed E-state index contributed by atoms with van der Waals surface area (Å²) in [4.78, 5) is 2.40. The molecule has 1 aromatic rings. The average molecular weight is 262 g/mol. The van der Waals surface area contributed by atoms with Crippen LogP contribution in [0.15, 0.2) is 12.1 Å². The molecule has 1 N–H and O–H groups in total. The third-order valence-corrected chi connectivity index (χ3v) is 3.74. The molecule has 1 fully saturated rings. The van der Waals surface area contributed by atoms with Crippen molar-refractivity contribution in [3.05, 3.63) is 17.8 Å². The fourth-order valence-corrected chi connectivity index (χ4v) is 2.52. The minimum atomic E-state index is 0.479. The van der Waals surface area contributed by atoms with Crippen LogP contribution in [-0.2, 0) is 6.54 Å². The Labute approximate surface area is 116 Å². The maximum atomic E-state index is 4.41. The van der Waals surface area contributed by atoms with Crippen LogP contribution in [0.2, 0.25) is 0 Å². The minimum Gasteiger partial charge on any atom is -0.352 e. The molecule has 1 aliphatic heterocycles. The highest BCUT2D eigenvalue weighted by Crippen LogP contribution is 2.21. The quantitative estimate of drug-likeness (QED) is 0.906. The Morgan fingerprint density at radius 3 is 2.79 bits per heavy atom. The lowest BCUT2D eigenvalue weighted by Gasteiger charge is -2.27. The van der Waals surface area contributed by atoms with Gasteiger partial charge >= 0.3 is 0 Å². The molecule has 4 nitrogen and oxygen atoms in total. The molecule has 2 heterocycles. The summed E-state index contributed by atoms with van der Waals surface area (Å²) >= 11 is 0. The standard InChI is InChI=1S/C15H26N4/c1-12(2)16-11-14-8-9-15(18-17-14)19-10-6-4-5-7-13(19)3/h8-9,12-13,16H,4-7,10-11H2,1-3H3. The Kier molecular flexibility index (Phi) is 5.14. The van der Waals surface area contributed by atoms with Crippen LogP contribution in [0.25, 0.3) is 0 Å². The molecule has 0 spiro atoms. The predicted octanol–water partition coefficient (Wildman–Crippen LogP) is 2.74. The second kappa shape index (κ2) is 6.85. The number of anilines is 1. The minimum absolute atomic E-state index is 0.479. The number of aromatic nitrogens is 2. The number of nitrogens with zero attached hydrogens (tertiary/aromatic N) is 3. The molecule has 0 aromatic carbocycles. The van der Waals surface area contributed by atoms with E-state index in [-0.39, 0.29) is 0 Å². The van der Waals surface area contributed by atoms with Gasteiger partial charge in [-0.2, -0.15) is 5.10 Å². The van der Waals surface area contributed by atoms with Crippen LogP contribution in [0, 0.1) is 0 Å². The molecule has 0 saturated carbocycles. The van der Waals surface area contributed by atoms with Crippen molar-refractivity contribution in [1.82, 2.24) is 15.5 Å². The van der Waals surface area contributed by atoms with Gasteiger partial charge in [-0.15, -0.1) is 5.10 Å². The number of nitrogens with one attached hydrogen (secondary N) is 1. The fourth-order valence-electron chi connectivity index (χ4n) is 2.52. The molecule has 2 rings (SSSR count). The zero-order valence-corrected chi connectivity index (χ0v) is 12.4. The Bertz CT molecular complexity index is 374. The molecule has 0 radical (unpaired) electrons. The Hall–Kier alpha value is -1.16. The van der Waals surface area contributed by atoms with Gasteiger partial charge in [0.15, 0.2) is 5.82 Å². The van der Waals surface area contributed by atoms with Crippen molar-refractivity contribution in [2.45, 2.75) is 65.1 Å². The summed E-state index contributed by atoms with van der Waals surface area (Å²) in [5, 5.41) is 12.1. The van der Waals surface area contributed by atoms with E-state index in [1.165, 1.54) is 25.7 Å². The first-order chi connectivity index (χ1) is 9.16. The average Bonchev–Trinajstić information content (AvgIpc) is 2.62. The highest BCUT2D eigenvalue weighted by atomic mass is 15.3. The van der Waals surface area contributed by atoms with Crippen LogP contribution in [0.4, 0.5) is 5.82 Å². The largest absolute Gasteiger partial charge is 0.352 e. The lowest BCUT2D eigenvalue weighted by Crippen LogP contribution is -2.33. The van der Waals surface area contributed by atoms with Gasteiger partial charge in [0.1, 0.15) is 0 Å². The molecule has 1 saturated heterocycles. The molecule has 0 bridgehead atoms. The van der Waals surface area contributed by atoms with Gasteiger partial charge < -0.3 is 10.2 Å². The molecule has 106 valence electrons. The molecule has 0 amide bonds. The zero-order valence-electron chi connectivity index (χ0n) is 12.4. The van der Waals surface area contributed by atoms with Gasteiger partial charge in [-0.1, -0.05) is 26.7 Å². The Balaban J connectivity index is 2.00. The maximum absolute atomic E-state index is 4.41. The molecule has 1 aromatic heterocycles. The molecule has 1 aliphatic rings. The van der Waals surface area contributed by atoms with Gasteiger partial charge in [0.2, 0.25) is 0 Å². The second-order valence-electron chi connectivity index (χ2n) is 5.81.